The Kier molecular flexibility index (Phi) is 7.18. The molecule has 8 N–H and O–H groups in total. The van der Waals surface area contributed by atoms with Gasteiger partial charge in [0.25, 0.3) is 0 Å². The van der Waals surface area contributed by atoms with Crippen molar-refractivity contribution in [2.24, 2.45) is 5.92 Å². The summed E-state index contributed by atoms with van der Waals surface area (Å²) in [6, 6.07) is 5.67. The summed E-state index contributed by atoms with van der Waals surface area (Å²) in [7, 11) is 0. The number of carboxylic acids is 2. The van der Waals surface area contributed by atoms with Crippen molar-refractivity contribution in [3.63, 3.8) is 0 Å². The molecule has 6 atom stereocenters. The zero-order chi connectivity index (χ0) is 27.9. The molecule has 0 unspecified atom stereocenters. The second kappa shape index (κ2) is 10.2. The van der Waals surface area contributed by atoms with Gasteiger partial charge in [0.2, 0.25) is 0 Å². The quantitative estimate of drug-likeness (QED) is 0.184. The lowest BCUT2D eigenvalue weighted by Gasteiger charge is -2.38. The van der Waals surface area contributed by atoms with Crippen molar-refractivity contribution >= 4 is 24.0 Å². The normalized spacial score (nSPS) is 26.6. The Bertz CT molecular complexity index is 1320. The minimum absolute atomic E-state index is 0.116. The minimum Gasteiger partial charge on any atom is -0.504 e. The summed E-state index contributed by atoms with van der Waals surface area (Å²) in [5.41, 5.74) is -0.0777. The number of hydrogen-bond acceptors (Lipinski definition) is 11. The molecule has 2 aromatic rings. The van der Waals surface area contributed by atoms with Crippen molar-refractivity contribution in [2.75, 3.05) is 6.61 Å². The number of esters is 1. The van der Waals surface area contributed by atoms with Crippen LogP contribution < -0.4 is 0 Å². The lowest BCUT2D eigenvalue weighted by Crippen LogP contribution is -2.55. The number of rotatable bonds is 6. The Morgan fingerprint density at radius 1 is 0.921 bits per heavy atom. The van der Waals surface area contributed by atoms with Crippen LogP contribution in [-0.2, 0) is 23.9 Å². The molecule has 1 saturated heterocycles. The lowest BCUT2D eigenvalue weighted by molar-refractivity contribution is -0.208. The van der Waals surface area contributed by atoms with Gasteiger partial charge in [-0.2, -0.15) is 0 Å². The number of phenols is 4. The fourth-order valence-electron chi connectivity index (χ4n) is 4.73. The summed E-state index contributed by atoms with van der Waals surface area (Å²) >= 11 is 0. The molecule has 1 aliphatic carbocycles. The fourth-order valence-corrected chi connectivity index (χ4v) is 4.73. The predicted molar refractivity (Wildman–Crippen MR) is 124 cm³/mol. The molecular formula is C25H24O13. The van der Waals surface area contributed by atoms with Gasteiger partial charge in [-0.15, -0.1) is 0 Å². The van der Waals surface area contributed by atoms with Gasteiger partial charge < -0.3 is 50.3 Å². The highest BCUT2D eigenvalue weighted by molar-refractivity contribution is 6.02. The molecule has 38 heavy (non-hydrogen) atoms. The molecule has 0 bridgehead atoms. The molecule has 4 rings (SSSR count). The zero-order valence-corrected chi connectivity index (χ0v) is 19.5. The number of fused-ring (bicyclic) bond motifs is 1. The summed E-state index contributed by atoms with van der Waals surface area (Å²) in [5, 5.41) is 79.6. The first-order valence-electron chi connectivity index (χ1n) is 11.3. The first-order valence-corrected chi connectivity index (χ1v) is 11.3. The maximum atomic E-state index is 13.4. The Morgan fingerprint density at radius 2 is 1.58 bits per heavy atom. The number of aromatic hydroxyl groups is 4. The van der Waals surface area contributed by atoms with Crippen molar-refractivity contribution < 1.29 is 64.7 Å². The van der Waals surface area contributed by atoms with E-state index >= 15 is 0 Å². The monoisotopic (exact) mass is 532 g/mol. The van der Waals surface area contributed by atoms with Crippen molar-refractivity contribution in [3.05, 3.63) is 52.6 Å². The highest BCUT2D eigenvalue weighted by Gasteiger charge is 2.46. The van der Waals surface area contributed by atoms with Crippen LogP contribution in [0.1, 0.15) is 29.0 Å². The third kappa shape index (κ3) is 4.94. The third-order valence-corrected chi connectivity index (χ3v) is 6.55. The first-order chi connectivity index (χ1) is 17.9. The van der Waals surface area contributed by atoms with Crippen LogP contribution >= 0.6 is 0 Å². The van der Waals surface area contributed by atoms with Crippen LogP contribution in [0.4, 0.5) is 0 Å². The maximum absolute atomic E-state index is 13.4. The minimum atomic E-state index is -1.73. The molecule has 0 aromatic heterocycles. The molecule has 1 aliphatic heterocycles. The van der Waals surface area contributed by atoms with E-state index in [-0.39, 0.29) is 16.7 Å². The van der Waals surface area contributed by atoms with E-state index in [1.54, 1.807) is 0 Å². The summed E-state index contributed by atoms with van der Waals surface area (Å²) in [4.78, 5) is 37.1. The summed E-state index contributed by atoms with van der Waals surface area (Å²) in [6.07, 6.45) is -5.84. The van der Waals surface area contributed by atoms with E-state index in [1.807, 2.05) is 0 Å². The van der Waals surface area contributed by atoms with Gasteiger partial charge >= 0.3 is 17.9 Å². The largest absolute Gasteiger partial charge is 0.504 e. The number of aliphatic hydroxyl groups is 2. The number of aliphatic carboxylic acids is 2. The molecule has 1 heterocycles. The van der Waals surface area contributed by atoms with Crippen molar-refractivity contribution in [2.45, 2.75) is 36.8 Å². The Labute approximate surface area is 214 Å². The van der Waals surface area contributed by atoms with Crippen molar-refractivity contribution in [3.8, 4) is 23.0 Å². The zero-order valence-electron chi connectivity index (χ0n) is 19.5. The van der Waals surface area contributed by atoms with Gasteiger partial charge in [0.05, 0.1) is 24.5 Å². The molecule has 202 valence electrons. The molecule has 0 radical (unpaired) electrons. The van der Waals surface area contributed by atoms with Gasteiger partial charge in [0, 0.05) is 5.92 Å². The number of hydrogen-bond donors (Lipinski definition) is 8. The average molecular weight is 532 g/mol. The highest BCUT2D eigenvalue weighted by Crippen LogP contribution is 2.47. The van der Waals surface area contributed by atoms with E-state index in [9.17, 15) is 50.1 Å². The lowest BCUT2D eigenvalue weighted by atomic mass is 9.71. The number of carboxylic acid groups (broad SMARTS) is 2. The second-order valence-electron chi connectivity index (χ2n) is 9.01. The molecule has 13 nitrogen and oxygen atoms in total. The molecule has 2 aromatic carbocycles. The molecule has 0 saturated carbocycles. The van der Waals surface area contributed by atoms with E-state index in [1.165, 1.54) is 6.07 Å². The number of ether oxygens (including phenoxy) is 2. The van der Waals surface area contributed by atoms with Crippen molar-refractivity contribution in [1.29, 1.82) is 0 Å². The topological polar surface area (TPSA) is 232 Å². The van der Waals surface area contributed by atoms with Crippen molar-refractivity contribution in [1.82, 2.24) is 0 Å². The number of carbonyl (C=O) groups is 3. The number of aliphatic hydroxyl groups excluding tert-OH is 2. The number of benzene rings is 2. The average Bonchev–Trinajstić information content (AvgIpc) is 2.84. The first kappa shape index (κ1) is 26.7. The standard InChI is InChI=1S/C25H24O13/c26-13-2-1-9(4-14(13)27)20-11-6-16(29)15(28)5-10(11)3-12(21(20)24(34)35)25(36)38-23-18(7-19(31)32)37-8-17(30)22(23)33/h1-6,17-18,20-23,26-30,33H,7-8H2,(H,31,32)(H,34,35)/t17-,18-,20+,21+,22-,23-/m1/s1. The third-order valence-electron chi connectivity index (χ3n) is 6.55. The van der Waals surface area contributed by atoms with Gasteiger partial charge in [0.1, 0.15) is 18.3 Å². The van der Waals surface area contributed by atoms with Crippen LogP contribution in [-0.4, -0.2) is 89.8 Å². The van der Waals surface area contributed by atoms with Gasteiger partial charge in [-0.25, -0.2) is 4.79 Å². The van der Waals surface area contributed by atoms with Crippen LogP contribution in [0, 0.1) is 5.92 Å². The fraction of sp³-hybridized carbons (Fsp3) is 0.320. The van der Waals surface area contributed by atoms with Crippen LogP contribution in [0.25, 0.3) is 6.08 Å². The summed E-state index contributed by atoms with van der Waals surface area (Å²) in [5.74, 6) is -9.31. The predicted octanol–water partition coefficient (Wildman–Crippen LogP) is 0.246. The number of phenolic OH excluding ortho intramolecular Hbond substituents is 4. The molecule has 13 heteroatoms. The van der Waals surface area contributed by atoms with E-state index in [2.05, 4.69) is 0 Å². The molecule has 0 amide bonds. The van der Waals surface area contributed by atoms with E-state index in [4.69, 9.17) is 14.6 Å². The summed E-state index contributed by atoms with van der Waals surface area (Å²) < 4.78 is 10.6. The Morgan fingerprint density at radius 3 is 2.21 bits per heavy atom. The van der Waals surface area contributed by atoms with Crippen LogP contribution in [0.2, 0.25) is 0 Å². The van der Waals surface area contributed by atoms with Crippen LogP contribution in [0.3, 0.4) is 0 Å². The number of carbonyl (C=O) groups excluding carboxylic acids is 1. The van der Waals surface area contributed by atoms with Crippen LogP contribution in [0.15, 0.2) is 35.9 Å². The summed E-state index contributed by atoms with van der Waals surface area (Å²) in [6.45, 7) is -0.420. The maximum Gasteiger partial charge on any atom is 0.335 e. The molecule has 1 fully saturated rings. The smallest absolute Gasteiger partial charge is 0.335 e. The SMILES string of the molecule is O=C(O)C[C@H]1OC[C@@H](O)[C@@H](O)[C@@H]1OC(=O)C1=Cc2cc(O)c(O)cc2[C@H](c2ccc(O)c(O)c2)[C@H]1C(=O)O. The van der Waals surface area contributed by atoms with E-state index in [0.29, 0.717) is 0 Å². The molecule has 0 spiro atoms. The van der Waals surface area contributed by atoms with E-state index < -0.39 is 95.8 Å². The van der Waals surface area contributed by atoms with Gasteiger partial charge in [-0.05, 0) is 47.0 Å². The van der Waals surface area contributed by atoms with Gasteiger partial charge in [-0.3, -0.25) is 9.59 Å². The molecule has 2 aliphatic rings. The van der Waals surface area contributed by atoms with E-state index in [0.717, 1.165) is 30.3 Å². The van der Waals surface area contributed by atoms with Gasteiger partial charge in [0.15, 0.2) is 29.1 Å². The molecular weight excluding hydrogens is 508 g/mol. The second-order valence-corrected chi connectivity index (χ2v) is 9.01. The van der Waals surface area contributed by atoms with Crippen LogP contribution in [0.5, 0.6) is 23.0 Å². The Hall–Kier alpha value is -4.33. The highest BCUT2D eigenvalue weighted by atomic mass is 16.6. The van der Waals surface area contributed by atoms with Gasteiger partial charge in [-0.1, -0.05) is 6.07 Å². The Balaban J connectivity index is 1.81.